The fourth-order valence-corrected chi connectivity index (χ4v) is 5.74. The van der Waals surface area contributed by atoms with Gasteiger partial charge in [-0.2, -0.15) is 0 Å². The summed E-state index contributed by atoms with van der Waals surface area (Å²) in [6.07, 6.45) is 7.61. The summed E-state index contributed by atoms with van der Waals surface area (Å²) >= 11 is 0. The maximum absolute atomic E-state index is 13.6. The van der Waals surface area contributed by atoms with E-state index >= 15 is 0 Å². The zero-order valence-electron chi connectivity index (χ0n) is 18.9. The van der Waals surface area contributed by atoms with E-state index in [1.807, 2.05) is 6.33 Å². The van der Waals surface area contributed by atoms with E-state index in [2.05, 4.69) is 51.1 Å². The van der Waals surface area contributed by atoms with Crippen molar-refractivity contribution in [2.75, 3.05) is 26.8 Å². The normalized spacial score (nSPS) is 20.5. The third-order valence-electron chi connectivity index (χ3n) is 7.37. The summed E-state index contributed by atoms with van der Waals surface area (Å²) in [5, 5.41) is 8.67. The van der Waals surface area contributed by atoms with Crippen LogP contribution in [0.2, 0.25) is 0 Å². The monoisotopic (exact) mass is 413 g/mol. The van der Waals surface area contributed by atoms with Gasteiger partial charge in [0.15, 0.2) is 0 Å². The minimum Gasteiger partial charge on any atom is -0.385 e. The van der Waals surface area contributed by atoms with Crippen molar-refractivity contribution < 1.29 is 9.53 Å². The molecule has 1 spiro atoms. The molecule has 7 nitrogen and oxygen atoms in total. The summed E-state index contributed by atoms with van der Waals surface area (Å²) in [6.45, 7) is 10.3. The first-order chi connectivity index (χ1) is 14.5. The molecule has 1 amide bonds. The molecule has 2 aromatic rings. The van der Waals surface area contributed by atoms with Gasteiger partial charge in [0.2, 0.25) is 0 Å². The molecule has 2 aromatic heterocycles. The summed E-state index contributed by atoms with van der Waals surface area (Å²) < 4.78 is 9.60. The number of hydrogen-bond acceptors (Lipinski definition) is 4. The topological polar surface area (TPSA) is 65.2 Å². The van der Waals surface area contributed by atoms with Gasteiger partial charge in [0.05, 0.1) is 5.56 Å². The second-order valence-electron chi connectivity index (χ2n) is 9.07. The SMILES string of the molecule is CCn1cnnc1C1CN(C(=O)c2cc(C)n(CCCOC)c2C)CC12CCCC2. The van der Waals surface area contributed by atoms with E-state index in [4.69, 9.17) is 4.74 Å². The molecule has 2 aliphatic rings. The van der Waals surface area contributed by atoms with Gasteiger partial charge in [-0.3, -0.25) is 4.79 Å². The number of carbonyl (C=O) groups excluding carboxylic acids is 1. The number of likely N-dealkylation sites (tertiary alicyclic amines) is 1. The number of rotatable bonds is 7. The van der Waals surface area contributed by atoms with E-state index in [1.54, 1.807) is 7.11 Å². The number of ether oxygens (including phenoxy) is 1. The van der Waals surface area contributed by atoms with E-state index in [1.165, 1.54) is 25.7 Å². The Morgan fingerprint density at radius 3 is 2.77 bits per heavy atom. The third-order valence-corrected chi connectivity index (χ3v) is 7.37. The highest BCUT2D eigenvalue weighted by atomic mass is 16.5. The Morgan fingerprint density at radius 1 is 1.30 bits per heavy atom. The zero-order chi connectivity index (χ0) is 21.3. The molecule has 1 aliphatic carbocycles. The summed E-state index contributed by atoms with van der Waals surface area (Å²) in [4.78, 5) is 15.7. The first-order valence-corrected chi connectivity index (χ1v) is 11.3. The molecule has 30 heavy (non-hydrogen) atoms. The average Bonchev–Trinajstić information content (AvgIpc) is 3.51. The molecule has 0 aromatic carbocycles. The first-order valence-electron chi connectivity index (χ1n) is 11.3. The Bertz CT molecular complexity index is 894. The highest BCUT2D eigenvalue weighted by Gasteiger charge is 2.51. The van der Waals surface area contributed by atoms with Crippen LogP contribution in [0.1, 0.15) is 72.5 Å². The van der Waals surface area contributed by atoms with E-state index < -0.39 is 0 Å². The molecule has 0 bridgehead atoms. The highest BCUT2D eigenvalue weighted by molar-refractivity contribution is 5.96. The van der Waals surface area contributed by atoms with Gasteiger partial charge in [0, 0.05) is 57.2 Å². The van der Waals surface area contributed by atoms with E-state index in [9.17, 15) is 4.79 Å². The standard InChI is InChI=1S/C23H35N5O2/c1-5-26-16-24-25-21(26)20-14-27(15-23(20)9-6-7-10-23)22(29)19-13-17(2)28(18(19)3)11-8-12-30-4/h13,16,20H,5-12,14-15H2,1-4H3. The minimum atomic E-state index is 0.152. The largest absolute Gasteiger partial charge is 0.385 e. The molecule has 4 rings (SSSR count). The highest BCUT2D eigenvalue weighted by Crippen LogP contribution is 2.53. The Morgan fingerprint density at radius 2 is 2.07 bits per heavy atom. The molecule has 0 N–H and O–H groups in total. The molecule has 1 atom stereocenters. The number of aromatic nitrogens is 4. The van der Waals surface area contributed by atoms with Gasteiger partial charge in [-0.15, -0.1) is 10.2 Å². The number of aryl methyl sites for hydroxylation is 2. The zero-order valence-corrected chi connectivity index (χ0v) is 18.9. The van der Waals surface area contributed by atoms with Crippen molar-refractivity contribution in [3.63, 3.8) is 0 Å². The van der Waals surface area contributed by atoms with Crippen LogP contribution in [0.25, 0.3) is 0 Å². The molecule has 1 saturated heterocycles. The molecule has 7 heteroatoms. The maximum atomic E-state index is 13.6. The van der Waals surface area contributed by atoms with Gasteiger partial charge in [0.1, 0.15) is 12.2 Å². The number of carbonyl (C=O) groups is 1. The van der Waals surface area contributed by atoms with E-state index in [0.29, 0.717) is 0 Å². The lowest BCUT2D eigenvalue weighted by Gasteiger charge is -2.29. The fourth-order valence-electron chi connectivity index (χ4n) is 5.74. The van der Waals surface area contributed by atoms with Crippen LogP contribution in [0.5, 0.6) is 0 Å². The molecular weight excluding hydrogens is 378 g/mol. The molecule has 1 unspecified atom stereocenters. The third kappa shape index (κ3) is 3.57. The van der Waals surface area contributed by atoms with Gasteiger partial charge in [-0.1, -0.05) is 12.8 Å². The predicted molar refractivity (Wildman–Crippen MR) is 116 cm³/mol. The molecular formula is C23H35N5O2. The van der Waals surface area contributed by atoms with Gasteiger partial charge >= 0.3 is 0 Å². The Hall–Kier alpha value is -2.15. The van der Waals surface area contributed by atoms with Crippen LogP contribution in [0.3, 0.4) is 0 Å². The van der Waals surface area contributed by atoms with Crippen molar-refractivity contribution in [1.29, 1.82) is 0 Å². The van der Waals surface area contributed by atoms with Crippen LogP contribution in [0.15, 0.2) is 12.4 Å². The van der Waals surface area contributed by atoms with Gasteiger partial charge < -0.3 is 18.8 Å². The summed E-state index contributed by atoms with van der Waals surface area (Å²) in [5.74, 6) is 1.49. The molecule has 1 saturated carbocycles. The Labute approximate surface area is 179 Å². The summed E-state index contributed by atoms with van der Waals surface area (Å²) in [5.41, 5.74) is 3.20. The van der Waals surface area contributed by atoms with Gasteiger partial charge in [-0.25, -0.2) is 0 Å². The summed E-state index contributed by atoms with van der Waals surface area (Å²) in [6, 6.07) is 2.06. The van der Waals surface area contributed by atoms with Crippen molar-refractivity contribution >= 4 is 5.91 Å². The smallest absolute Gasteiger partial charge is 0.255 e. The number of nitrogens with zero attached hydrogens (tertiary/aromatic N) is 5. The second-order valence-corrected chi connectivity index (χ2v) is 9.07. The van der Waals surface area contributed by atoms with Crippen molar-refractivity contribution in [2.24, 2.45) is 5.41 Å². The molecule has 3 heterocycles. The first kappa shape index (κ1) is 21.1. The van der Waals surface area contributed by atoms with Crippen LogP contribution in [-0.4, -0.2) is 56.9 Å². The molecule has 2 fully saturated rings. The molecule has 0 radical (unpaired) electrons. The van der Waals surface area contributed by atoms with Crippen LogP contribution in [-0.2, 0) is 17.8 Å². The van der Waals surface area contributed by atoms with Crippen molar-refractivity contribution in [3.8, 4) is 0 Å². The lowest BCUT2D eigenvalue weighted by molar-refractivity contribution is 0.0772. The van der Waals surface area contributed by atoms with Crippen LogP contribution < -0.4 is 0 Å². The molecule has 1 aliphatic heterocycles. The number of hydrogen-bond donors (Lipinski definition) is 0. The van der Waals surface area contributed by atoms with Gasteiger partial charge in [0.25, 0.3) is 5.91 Å². The average molecular weight is 414 g/mol. The quantitative estimate of drug-likeness (QED) is 0.651. The van der Waals surface area contributed by atoms with Crippen molar-refractivity contribution in [1.82, 2.24) is 24.2 Å². The van der Waals surface area contributed by atoms with Crippen LogP contribution in [0.4, 0.5) is 0 Å². The van der Waals surface area contributed by atoms with Gasteiger partial charge in [-0.05, 0) is 51.5 Å². The minimum absolute atomic E-state index is 0.152. The number of amides is 1. The van der Waals surface area contributed by atoms with E-state index in [-0.39, 0.29) is 17.2 Å². The number of methoxy groups -OCH3 is 1. The van der Waals surface area contributed by atoms with Crippen LogP contribution >= 0.6 is 0 Å². The van der Waals surface area contributed by atoms with Crippen LogP contribution in [0, 0.1) is 19.3 Å². The van der Waals surface area contributed by atoms with Crippen molar-refractivity contribution in [2.45, 2.75) is 71.9 Å². The lowest BCUT2D eigenvalue weighted by Crippen LogP contribution is -2.31. The summed E-state index contributed by atoms with van der Waals surface area (Å²) in [7, 11) is 1.73. The second kappa shape index (κ2) is 8.53. The Kier molecular flexibility index (Phi) is 6.00. The lowest BCUT2D eigenvalue weighted by atomic mass is 9.76. The molecule has 164 valence electrons. The Balaban J connectivity index is 1.59. The van der Waals surface area contributed by atoms with E-state index in [0.717, 1.165) is 62.0 Å². The van der Waals surface area contributed by atoms with Crippen molar-refractivity contribution in [3.05, 3.63) is 35.2 Å². The fraction of sp³-hybridized carbons (Fsp3) is 0.696. The predicted octanol–water partition coefficient (Wildman–Crippen LogP) is 3.55. The maximum Gasteiger partial charge on any atom is 0.255 e.